The summed E-state index contributed by atoms with van der Waals surface area (Å²) in [6.07, 6.45) is -4.83. The van der Waals surface area contributed by atoms with Crippen LogP contribution < -0.4 is 5.32 Å². The number of carbonyl (C=O) groups is 3. The molecule has 0 radical (unpaired) electrons. The van der Waals surface area contributed by atoms with Crippen molar-refractivity contribution in [3.8, 4) is 0 Å². The first-order valence-electron chi connectivity index (χ1n) is 7.57. The first-order chi connectivity index (χ1) is 12.5. The normalized spacial score (nSPS) is 12.4. The average Bonchev–Trinajstić information content (AvgIpc) is 3.05. The molecule has 0 aliphatic heterocycles. The molecule has 2 N–H and O–H groups in total. The Morgan fingerprint density at radius 3 is 2.44 bits per heavy atom. The SMILES string of the molecule is CC(=O)c1c[nH]c(C(=O)O[C@@H](C)C(=O)Nc2ccc(Cl)cc2C(F)(F)F)c1. The average molecular weight is 403 g/mol. The van der Waals surface area contributed by atoms with E-state index in [9.17, 15) is 27.6 Å². The molecule has 0 saturated heterocycles. The summed E-state index contributed by atoms with van der Waals surface area (Å²) in [5.74, 6) is -2.18. The minimum absolute atomic E-state index is 0.0673. The number of amides is 1. The molecule has 144 valence electrons. The molecule has 0 spiro atoms. The number of hydrogen-bond acceptors (Lipinski definition) is 4. The van der Waals surface area contributed by atoms with Crippen molar-refractivity contribution >= 4 is 34.9 Å². The summed E-state index contributed by atoms with van der Waals surface area (Å²) >= 11 is 5.57. The fourth-order valence-electron chi connectivity index (χ4n) is 2.09. The molecule has 0 bridgehead atoms. The topological polar surface area (TPSA) is 88.3 Å². The highest BCUT2D eigenvalue weighted by molar-refractivity contribution is 6.30. The number of hydrogen-bond donors (Lipinski definition) is 2. The van der Waals surface area contributed by atoms with E-state index in [2.05, 4.69) is 10.3 Å². The van der Waals surface area contributed by atoms with Crippen molar-refractivity contribution in [3.05, 3.63) is 52.3 Å². The molecule has 6 nitrogen and oxygen atoms in total. The Bertz CT molecular complexity index is 893. The second kappa shape index (κ2) is 7.83. The molecule has 0 fully saturated rings. The molecule has 27 heavy (non-hydrogen) atoms. The number of benzene rings is 1. The van der Waals surface area contributed by atoms with Crippen LogP contribution in [0.2, 0.25) is 5.02 Å². The van der Waals surface area contributed by atoms with Crippen LogP contribution in [0.25, 0.3) is 0 Å². The highest BCUT2D eigenvalue weighted by Crippen LogP contribution is 2.36. The molecule has 2 aromatic rings. The standard InChI is InChI=1S/C17H14ClF3N2O4/c1-8(24)10-5-14(22-7-10)16(26)27-9(2)15(25)23-13-4-3-11(18)6-12(13)17(19,20)21/h3-7,9,22H,1-2H3,(H,23,25)/t9-/m0/s1. The van der Waals surface area contributed by atoms with E-state index in [0.29, 0.717) is 6.07 Å². The zero-order valence-corrected chi connectivity index (χ0v) is 14.9. The van der Waals surface area contributed by atoms with E-state index < -0.39 is 35.4 Å². The van der Waals surface area contributed by atoms with Crippen LogP contribution in [-0.2, 0) is 15.7 Å². The number of rotatable bonds is 5. The molecule has 2 rings (SSSR count). The fraction of sp³-hybridized carbons (Fsp3) is 0.235. The number of ketones is 1. The summed E-state index contributed by atoms with van der Waals surface area (Å²) in [6.45, 7) is 2.50. The maximum atomic E-state index is 13.1. The molecule has 0 unspecified atom stereocenters. The third-order valence-corrected chi connectivity index (χ3v) is 3.74. The molecular weight excluding hydrogens is 389 g/mol. The van der Waals surface area contributed by atoms with E-state index in [1.54, 1.807) is 0 Å². The van der Waals surface area contributed by atoms with Crippen LogP contribution in [0, 0.1) is 0 Å². The first kappa shape index (κ1) is 20.5. The highest BCUT2D eigenvalue weighted by Gasteiger charge is 2.34. The van der Waals surface area contributed by atoms with Gasteiger partial charge < -0.3 is 15.0 Å². The van der Waals surface area contributed by atoms with Crippen LogP contribution in [0.15, 0.2) is 30.5 Å². The number of alkyl halides is 3. The Hall–Kier alpha value is -2.81. The molecule has 10 heteroatoms. The smallest absolute Gasteiger partial charge is 0.418 e. The number of ether oxygens (including phenoxy) is 1. The number of nitrogens with one attached hydrogen (secondary N) is 2. The third-order valence-electron chi connectivity index (χ3n) is 3.51. The lowest BCUT2D eigenvalue weighted by atomic mass is 10.1. The predicted octanol–water partition coefficient (Wildman–Crippen LogP) is 4.07. The van der Waals surface area contributed by atoms with E-state index in [0.717, 1.165) is 6.07 Å². The van der Waals surface area contributed by atoms with E-state index in [1.807, 2.05) is 0 Å². The summed E-state index contributed by atoms with van der Waals surface area (Å²) in [4.78, 5) is 37.8. The molecular formula is C17H14ClF3N2O4. The quantitative estimate of drug-likeness (QED) is 0.582. The maximum Gasteiger partial charge on any atom is 0.418 e. The fourth-order valence-corrected chi connectivity index (χ4v) is 2.26. The number of Topliss-reactive ketones (excluding diaryl/α,β-unsaturated/α-hetero) is 1. The van der Waals surface area contributed by atoms with Gasteiger partial charge in [-0.2, -0.15) is 13.2 Å². The van der Waals surface area contributed by atoms with Crippen LogP contribution in [-0.4, -0.2) is 28.7 Å². The molecule has 1 amide bonds. The Balaban J connectivity index is 2.10. The monoisotopic (exact) mass is 402 g/mol. The number of carbonyl (C=O) groups excluding carboxylic acids is 3. The summed E-state index contributed by atoms with van der Waals surface area (Å²) in [7, 11) is 0. The van der Waals surface area contributed by atoms with Gasteiger partial charge in [-0.05, 0) is 38.1 Å². The van der Waals surface area contributed by atoms with E-state index >= 15 is 0 Å². The molecule has 1 aromatic heterocycles. The summed E-state index contributed by atoms with van der Waals surface area (Å²) in [6, 6.07) is 4.11. The van der Waals surface area contributed by atoms with Gasteiger partial charge in [0.15, 0.2) is 11.9 Å². The van der Waals surface area contributed by atoms with Crippen molar-refractivity contribution < 1.29 is 32.3 Å². The summed E-state index contributed by atoms with van der Waals surface area (Å²) in [5.41, 5.74) is -1.46. The number of anilines is 1. The van der Waals surface area contributed by atoms with Crippen molar-refractivity contribution in [2.24, 2.45) is 0 Å². The van der Waals surface area contributed by atoms with Gasteiger partial charge in [0.25, 0.3) is 5.91 Å². The second-order valence-electron chi connectivity index (χ2n) is 5.58. The Morgan fingerprint density at radius 1 is 1.22 bits per heavy atom. The third kappa shape index (κ3) is 5.10. The molecule has 1 aromatic carbocycles. The Kier molecular flexibility index (Phi) is 5.94. The van der Waals surface area contributed by atoms with Crippen LogP contribution in [0.1, 0.15) is 40.3 Å². The van der Waals surface area contributed by atoms with E-state index in [-0.39, 0.29) is 22.1 Å². The van der Waals surface area contributed by atoms with Gasteiger partial charge in [0.2, 0.25) is 0 Å². The van der Waals surface area contributed by atoms with Crippen molar-refractivity contribution in [2.75, 3.05) is 5.32 Å². The van der Waals surface area contributed by atoms with Crippen molar-refractivity contribution in [1.82, 2.24) is 4.98 Å². The zero-order chi connectivity index (χ0) is 20.4. The van der Waals surface area contributed by atoms with Gasteiger partial charge in [0, 0.05) is 16.8 Å². The van der Waals surface area contributed by atoms with Crippen molar-refractivity contribution in [1.29, 1.82) is 0 Å². The van der Waals surface area contributed by atoms with Gasteiger partial charge in [-0.15, -0.1) is 0 Å². The second-order valence-corrected chi connectivity index (χ2v) is 6.02. The minimum atomic E-state index is -4.74. The Morgan fingerprint density at radius 2 is 1.89 bits per heavy atom. The van der Waals surface area contributed by atoms with Gasteiger partial charge in [-0.1, -0.05) is 11.6 Å². The largest absolute Gasteiger partial charge is 0.448 e. The van der Waals surface area contributed by atoms with Gasteiger partial charge in [0.1, 0.15) is 5.69 Å². The molecule has 0 saturated carbocycles. The van der Waals surface area contributed by atoms with Crippen LogP contribution in [0.3, 0.4) is 0 Å². The van der Waals surface area contributed by atoms with Crippen LogP contribution in [0.4, 0.5) is 18.9 Å². The van der Waals surface area contributed by atoms with Crippen LogP contribution >= 0.6 is 11.6 Å². The summed E-state index contributed by atoms with van der Waals surface area (Å²) in [5, 5.41) is 1.92. The Labute approximate surface area is 156 Å². The molecule has 0 aliphatic carbocycles. The first-order valence-corrected chi connectivity index (χ1v) is 7.94. The van der Waals surface area contributed by atoms with Gasteiger partial charge in [-0.25, -0.2) is 4.79 Å². The number of H-pyrrole nitrogens is 1. The molecule has 1 atom stereocenters. The number of esters is 1. The maximum absolute atomic E-state index is 13.1. The minimum Gasteiger partial charge on any atom is -0.448 e. The predicted molar refractivity (Wildman–Crippen MR) is 90.8 cm³/mol. The van der Waals surface area contributed by atoms with E-state index in [4.69, 9.17) is 16.3 Å². The lowest BCUT2D eigenvalue weighted by Crippen LogP contribution is -2.30. The van der Waals surface area contributed by atoms with Gasteiger partial charge in [0.05, 0.1) is 11.3 Å². The van der Waals surface area contributed by atoms with Crippen LogP contribution in [0.5, 0.6) is 0 Å². The van der Waals surface area contributed by atoms with E-state index in [1.165, 1.54) is 32.2 Å². The van der Waals surface area contributed by atoms with Crippen molar-refractivity contribution in [3.63, 3.8) is 0 Å². The number of halogens is 4. The molecule has 1 heterocycles. The summed E-state index contributed by atoms with van der Waals surface area (Å²) < 4.78 is 44.1. The number of aromatic amines is 1. The molecule has 0 aliphatic rings. The highest BCUT2D eigenvalue weighted by atomic mass is 35.5. The van der Waals surface area contributed by atoms with Gasteiger partial charge in [-0.3, -0.25) is 9.59 Å². The van der Waals surface area contributed by atoms with Gasteiger partial charge >= 0.3 is 12.1 Å². The lowest BCUT2D eigenvalue weighted by Gasteiger charge is -2.17. The lowest BCUT2D eigenvalue weighted by molar-refractivity contribution is -0.137. The number of aromatic nitrogens is 1. The van der Waals surface area contributed by atoms with Crippen molar-refractivity contribution in [2.45, 2.75) is 26.1 Å². The zero-order valence-electron chi connectivity index (χ0n) is 14.1.